The highest BCUT2D eigenvalue weighted by Crippen LogP contribution is 2.05. The molecule has 2 nitrogen and oxygen atoms in total. The fraction of sp³-hybridized carbons (Fsp3) is 0.600. The third-order valence-electron chi connectivity index (χ3n) is 2.96. The van der Waals surface area contributed by atoms with E-state index in [1.165, 1.54) is 5.56 Å². The van der Waals surface area contributed by atoms with Crippen molar-refractivity contribution in [1.29, 1.82) is 0 Å². The Morgan fingerprint density at radius 2 is 1.88 bits per heavy atom. The topological polar surface area (TPSA) is 21.3 Å². The molecule has 0 aliphatic heterocycles. The van der Waals surface area contributed by atoms with E-state index < -0.39 is 0 Å². The highest BCUT2D eigenvalue weighted by Gasteiger charge is 2.08. The average molecular weight is 235 g/mol. The number of benzene rings is 1. The monoisotopic (exact) mass is 235 g/mol. The van der Waals surface area contributed by atoms with Gasteiger partial charge in [0.2, 0.25) is 0 Å². The summed E-state index contributed by atoms with van der Waals surface area (Å²) in [6, 6.07) is 11.2. The summed E-state index contributed by atoms with van der Waals surface area (Å²) >= 11 is 0. The number of hydrogen-bond donors (Lipinski definition) is 1. The Labute approximate surface area is 105 Å². The molecule has 2 heteroatoms. The largest absolute Gasteiger partial charge is 0.377 e. The van der Waals surface area contributed by atoms with Crippen LogP contribution in [0.1, 0.15) is 32.8 Å². The molecular formula is C15H25NO. The van der Waals surface area contributed by atoms with Crippen molar-refractivity contribution >= 4 is 0 Å². The number of rotatable bonds is 8. The summed E-state index contributed by atoms with van der Waals surface area (Å²) in [5, 5.41) is 3.58. The second-order valence-electron chi connectivity index (χ2n) is 4.47. The van der Waals surface area contributed by atoms with E-state index in [0.29, 0.717) is 12.1 Å². The zero-order chi connectivity index (χ0) is 12.5. The van der Waals surface area contributed by atoms with Crippen LogP contribution in [-0.4, -0.2) is 25.3 Å². The van der Waals surface area contributed by atoms with Gasteiger partial charge in [-0.1, -0.05) is 37.3 Å². The maximum atomic E-state index is 5.52. The molecule has 0 spiro atoms. The van der Waals surface area contributed by atoms with Crippen LogP contribution in [-0.2, 0) is 11.2 Å². The van der Waals surface area contributed by atoms with Crippen LogP contribution in [0.3, 0.4) is 0 Å². The van der Waals surface area contributed by atoms with Crippen molar-refractivity contribution in [2.45, 2.75) is 45.8 Å². The molecule has 2 atom stereocenters. The van der Waals surface area contributed by atoms with Gasteiger partial charge in [-0.05, 0) is 32.3 Å². The van der Waals surface area contributed by atoms with Crippen LogP contribution in [0.2, 0.25) is 0 Å². The van der Waals surface area contributed by atoms with Gasteiger partial charge in [0.05, 0.1) is 6.10 Å². The van der Waals surface area contributed by atoms with Gasteiger partial charge in [-0.25, -0.2) is 0 Å². The summed E-state index contributed by atoms with van der Waals surface area (Å²) in [6.07, 6.45) is 2.54. The quantitative estimate of drug-likeness (QED) is 0.748. The van der Waals surface area contributed by atoms with Crippen molar-refractivity contribution in [3.63, 3.8) is 0 Å². The first-order chi connectivity index (χ1) is 8.26. The van der Waals surface area contributed by atoms with Gasteiger partial charge in [-0.15, -0.1) is 0 Å². The molecular weight excluding hydrogens is 210 g/mol. The molecule has 0 bridgehead atoms. The zero-order valence-electron chi connectivity index (χ0n) is 11.3. The van der Waals surface area contributed by atoms with Crippen molar-refractivity contribution < 1.29 is 4.74 Å². The first-order valence-electron chi connectivity index (χ1n) is 6.65. The molecule has 0 radical (unpaired) electrons. The Morgan fingerprint density at radius 1 is 1.18 bits per heavy atom. The predicted molar refractivity (Wildman–Crippen MR) is 73.3 cm³/mol. The van der Waals surface area contributed by atoms with Crippen molar-refractivity contribution in [3.8, 4) is 0 Å². The van der Waals surface area contributed by atoms with Crippen LogP contribution in [0.5, 0.6) is 0 Å². The second kappa shape index (κ2) is 8.26. The Kier molecular flexibility index (Phi) is 6.90. The molecule has 0 saturated heterocycles. The van der Waals surface area contributed by atoms with Gasteiger partial charge >= 0.3 is 0 Å². The minimum Gasteiger partial charge on any atom is -0.377 e. The molecule has 0 aliphatic carbocycles. The lowest BCUT2D eigenvalue weighted by Crippen LogP contribution is -2.36. The SMILES string of the molecule is CCOC(C)CNC(CC)Cc1ccccc1. The molecule has 0 heterocycles. The summed E-state index contributed by atoms with van der Waals surface area (Å²) in [4.78, 5) is 0. The van der Waals surface area contributed by atoms with Crippen LogP contribution in [0.25, 0.3) is 0 Å². The van der Waals surface area contributed by atoms with Gasteiger partial charge in [0.15, 0.2) is 0 Å². The predicted octanol–water partition coefficient (Wildman–Crippen LogP) is 3.02. The van der Waals surface area contributed by atoms with E-state index in [9.17, 15) is 0 Å². The molecule has 96 valence electrons. The maximum absolute atomic E-state index is 5.52. The van der Waals surface area contributed by atoms with E-state index in [-0.39, 0.29) is 0 Å². The third kappa shape index (κ3) is 5.85. The van der Waals surface area contributed by atoms with E-state index in [1.54, 1.807) is 0 Å². The van der Waals surface area contributed by atoms with Crippen molar-refractivity contribution in [2.24, 2.45) is 0 Å². The number of ether oxygens (including phenoxy) is 1. The molecule has 1 rings (SSSR count). The average Bonchev–Trinajstić information content (AvgIpc) is 2.36. The summed E-state index contributed by atoms with van der Waals surface area (Å²) in [5.74, 6) is 0. The van der Waals surface area contributed by atoms with E-state index in [1.807, 2.05) is 6.92 Å². The first kappa shape index (κ1) is 14.2. The molecule has 0 aromatic heterocycles. The molecule has 0 saturated carbocycles. The van der Waals surface area contributed by atoms with Gasteiger partial charge in [0.25, 0.3) is 0 Å². The van der Waals surface area contributed by atoms with Gasteiger partial charge in [-0.2, -0.15) is 0 Å². The van der Waals surface area contributed by atoms with Crippen LogP contribution in [0.15, 0.2) is 30.3 Å². The Hall–Kier alpha value is -0.860. The maximum Gasteiger partial charge on any atom is 0.0671 e. The highest BCUT2D eigenvalue weighted by atomic mass is 16.5. The number of hydrogen-bond acceptors (Lipinski definition) is 2. The normalized spacial score (nSPS) is 14.5. The summed E-state index contributed by atoms with van der Waals surface area (Å²) in [6.45, 7) is 8.10. The van der Waals surface area contributed by atoms with Gasteiger partial charge in [0.1, 0.15) is 0 Å². The number of nitrogens with one attached hydrogen (secondary N) is 1. The van der Waals surface area contributed by atoms with Crippen molar-refractivity contribution in [3.05, 3.63) is 35.9 Å². The smallest absolute Gasteiger partial charge is 0.0671 e. The van der Waals surface area contributed by atoms with Crippen molar-refractivity contribution in [1.82, 2.24) is 5.32 Å². The minimum absolute atomic E-state index is 0.296. The van der Waals surface area contributed by atoms with Crippen LogP contribution in [0.4, 0.5) is 0 Å². The van der Waals surface area contributed by atoms with Gasteiger partial charge in [-0.3, -0.25) is 0 Å². The Morgan fingerprint density at radius 3 is 2.47 bits per heavy atom. The van der Waals surface area contributed by atoms with E-state index in [0.717, 1.165) is 26.0 Å². The third-order valence-corrected chi connectivity index (χ3v) is 2.96. The molecule has 0 amide bonds. The lowest BCUT2D eigenvalue weighted by molar-refractivity contribution is 0.0738. The second-order valence-corrected chi connectivity index (χ2v) is 4.47. The van der Waals surface area contributed by atoms with Gasteiger partial charge in [0, 0.05) is 19.2 Å². The molecule has 1 aromatic carbocycles. The molecule has 1 aromatic rings. The van der Waals surface area contributed by atoms with Crippen LogP contribution >= 0.6 is 0 Å². The molecule has 2 unspecified atom stereocenters. The first-order valence-corrected chi connectivity index (χ1v) is 6.65. The van der Waals surface area contributed by atoms with E-state index >= 15 is 0 Å². The van der Waals surface area contributed by atoms with Crippen LogP contribution in [0, 0.1) is 0 Å². The Balaban J connectivity index is 2.34. The molecule has 17 heavy (non-hydrogen) atoms. The van der Waals surface area contributed by atoms with Crippen molar-refractivity contribution in [2.75, 3.05) is 13.2 Å². The fourth-order valence-corrected chi connectivity index (χ4v) is 1.94. The van der Waals surface area contributed by atoms with E-state index in [2.05, 4.69) is 49.5 Å². The van der Waals surface area contributed by atoms with E-state index in [4.69, 9.17) is 4.74 Å². The van der Waals surface area contributed by atoms with Gasteiger partial charge < -0.3 is 10.1 Å². The lowest BCUT2D eigenvalue weighted by atomic mass is 10.0. The fourth-order valence-electron chi connectivity index (χ4n) is 1.94. The zero-order valence-corrected chi connectivity index (χ0v) is 11.3. The molecule has 1 N–H and O–H groups in total. The highest BCUT2D eigenvalue weighted by molar-refractivity contribution is 5.15. The minimum atomic E-state index is 0.296. The summed E-state index contributed by atoms with van der Waals surface area (Å²) < 4.78 is 5.52. The lowest BCUT2D eigenvalue weighted by Gasteiger charge is -2.20. The van der Waals surface area contributed by atoms with Crippen LogP contribution < -0.4 is 5.32 Å². The Bertz CT molecular complexity index is 286. The molecule has 0 aliphatic rings. The standard InChI is InChI=1S/C15H25NO/c1-4-15(16-12-13(3)17-5-2)11-14-9-7-6-8-10-14/h6-10,13,15-16H,4-5,11-12H2,1-3H3. The molecule has 0 fully saturated rings. The summed E-state index contributed by atoms with van der Waals surface area (Å²) in [5.41, 5.74) is 1.40. The summed E-state index contributed by atoms with van der Waals surface area (Å²) in [7, 11) is 0.